The van der Waals surface area contributed by atoms with E-state index >= 15 is 0 Å². The molecule has 0 radical (unpaired) electrons. The zero-order chi connectivity index (χ0) is 19.7. The quantitative estimate of drug-likeness (QED) is 0.615. The third kappa shape index (κ3) is 3.61. The Kier molecular flexibility index (Phi) is 5.07. The summed E-state index contributed by atoms with van der Waals surface area (Å²) in [5, 5.41) is 9.38. The highest BCUT2D eigenvalue weighted by molar-refractivity contribution is 7.11. The maximum absolute atomic E-state index is 12.1. The van der Waals surface area contributed by atoms with Crippen molar-refractivity contribution in [1.82, 2.24) is 15.6 Å². The number of rotatable bonds is 4. The molecule has 142 valence electrons. The summed E-state index contributed by atoms with van der Waals surface area (Å²) in [4.78, 5) is 16.9. The van der Waals surface area contributed by atoms with E-state index < -0.39 is 0 Å². The SMILES string of the molecule is COc1ccc(-c2csc(C3=C(C)NC(=O)NC3c3ccc(Cl)cc3)n2)cc1. The van der Waals surface area contributed by atoms with E-state index in [1.165, 1.54) is 0 Å². The van der Waals surface area contributed by atoms with Gasteiger partial charge in [-0.25, -0.2) is 9.78 Å². The van der Waals surface area contributed by atoms with Crippen molar-refractivity contribution in [3.8, 4) is 17.0 Å². The van der Waals surface area contributed by atoms with Crippen LogP contribution in [0.1, 0.15) is 23.5 Å². The van der Waals surface area contributed by atoms with Gasteiger partial charge in [-0.05, 0) is 48.9 Å². The fourth-order valence-electron chi connectivity index (χ4n) is 3.17. The summed E-state index contributed by atoms with van der Waals surface area (Å²) >= 11 is 7.57. The van der Waals surface area contributed by atoms with Crippen molar-refractivity contribution >= 4 is 34.5 Å². The van der Waals surface area contributed by atoms with E-state index in [2.05, 4.69) is 10.6 Å². The van der Waals surface area contributed by atoms with E-state index in [1.54, 1.807) is 18.4 Å². The monoisotopic (exact) mass is 411 g/mol. The number of nitrogens with one attached hydrogen (secondary N) is 2. The predicted octanol–water partition coefficient (Wildman–Crippen LogP) is 5.26. The van der Waals surface area contributed by atoms with E-state index in [0.29, 0.717) is 5.02 Å². The summed E-state index contributed by atoms with van der Waals surface area (Å²) in [5.74, 6) is 0.805. The average Bonchev–Trinajstić information content (AvgIpc) is 3.17. The van der Waals surface area contributed by atoms with E-state index in [0.717, 1.165) is 38.8 Å². The molecule has 0 fully saturated rings. The van der Waals surface area contributed by atoms with Gasteiger partial charge >= 0.3 is 6.03 Å². The zero-order valence-corrected chi connectivity index (χ0v) is 16.9. The lowest BCUT2D eigenvalue weighted by atomic mass is 9.96. The number of hydrogen-bond acceptors (Lipinski definition) is 4. The number of ether oxygens (including phenoxy) is 1. The van der Waals surface area contributed by atoms with Crippen LogP contribution in [0.3, 0.4) is 0 Å². The number of methoxy groups -OCH3 is 1. The molecule has 0 spiro atoms. The summed E-state index contributed by atoms with van der Waals surface area (Å²) in [6.45, 7) is 1.89. The van der Waals surface area contributed by atoms with Crippen LogP contribution < -0.4 is 15.4 Å². The highest BCUT2D eigenvalue weighted by atomic mass is 35.5. The first-order valence-electron chi connectivity index (χ1n) is 8.69. The first kappa shape index (κ1) is 18.5. The predicted molar refractivity (Wildman–Crippen MR) is 113 cm³/mol. The van der Waals surface area contributed by atoms with Gasteiger partial charge in [-0.3, -0.25) is 0 Å². The fourth-order valence-corrected chi connectivity index (χ4v) is 4.26. The Morgan fingerprint density at radius 1 is 1.11 bits per heavy atom. The van der Waals surface area contributed by atoms with Gasteiger partial charge in [0.25, 0.3) is 0 Å². The Labute approximate surface area is 172 Å². The number of aromatic nitrogens is 1. The third-order valence-corrected chi connectivity index (χ3v) is 5.72. The molecule has 1 aliphatic rings. The topological polar surface area (TPSA) is 63.2 Å². The van der Waals surface area contributed by atoms with Gasteiger partial charge in [-0.2, -0.15) is 0 Å². The van der Waals surface area contributed by atoms with Gasteiger partial charge in [0.15, 0.2) is 0 Å². The molecule has 0 bridgehead atoms. The molecule has 5 nitrogen and oxygen atoms in total. The minimum absolute atomic E-state index is 0.229. The van der Waals surface area contributed by atoms with Crippen LogP contribution in [0.2, 0.25) is 5.02 Å². The summed E-state index contributed by atoms with van der Waals surface area (Å²) < 4.78 is 5.22. The van der Waals surface area contributed by atoms with Crippen molar-refractivity contribution in [2.45, 2.75) is 13.0 Å². The number of carbonyl (C=O) groups excluding carboxylic acids is 1. The van der Waals surface area contributed by atoms with E-state index in [9.17, 15) is 4.79 Å². The second kappa shape index (κ2) is 7.66. The number of thiazole rings is 1. The molecule has 28 heavy (non-hydrogen) atoms. The standard InChI is InChI=1S/C21H18ClN3O2S/c1-12-18(19(25-21(26)23-12)14-3-7-15(22)8-4-14)20-24-17(11-28-20)13-5-9-16(27-2)10-6-13/h3-11,19H,1-2H3,(H2,23,25,26). The molecule has 7 heteroatoms. The number of amides is 2. The number of allylic oxidation sites excluding steroid dienone is 1. The molecular formula is C21H18ClN3O2S. The molecule has 2 aromatic carbocycles. The Morgan fingerprint density at radius 3 is 2.50 bits per heavy atom. The van der Waals surface area contributed by atoms with Gasteiger partial charge in [0.2, 0.25) is 0 Å². The number of benzene rings is 2. The molecule has 1 aliphatic heterocycles. The molecule has 1 aromatic heterocycles. The number of hydrogen-bond donors (Lipinski definition) is 2. The van der Waals surface area contributed by atoms with Crippen molar-refractivity contribution in [2.24, 2.45) is 0 Å². The molecule has 1 unspecified atom stereocenters. The lowest BCUT2D eigenvalue weighted by Crippen LogP contribution is -2.42. The molecule has 0 saturated carbocycles. The van der Waals surface area contributed by atoms with E-state index in [-0.39, 0.29) is 12.1 Å². The van der Waals surface area contributed by atoms with Gasteiger partial charge in [0.05, 0.1) is 18.8 Å². The minimum Gasteiger partial charge on any atom is -0.497 e. The van der Waals surface area contributed by atoms with Gasteiger partial charge in [-0.15, -0.1) is 11.3 Å². The van der Waals surface area contributed by atoms with Gasteiger partial charge in [0.1, 0.15) is 10.8 Å². The van der Waals surface area contributed by atoms with Crippen LogP contribution >= 0.6 is 22.9 Å². The molecule has 0 saturated heterocycles. The lowest BCUT2D eigenvalue weighted by molar-refractivity contribution is 0.240. The Morgan fingerprint density at radius 2 is 1.82 bits per heavy atom. The third-order valence-electron chi connectivity index (χ3n) is 4.59. The second-order valence-corrected chi connectivity index (χ2v) is 7.68. The van der Waals surface area contributed by atoms with Crippen molar-refractivity contribution in [2.75, 3.05) is 7.11 Å². The van der Waals surface area contributed by atoms with Crippen molar-refractivity contribution in [1.29, 1.82) is 0 Å². The number of urea groups is 1. The van der Waals surface area contributed by atoms with E-state index in [4.69, 9.17) is 21.3 Å². The van der Waals surface area contributed by atoms with Crippen LogP contribution in [0.5, 0.6) is 5.75 Å². The maximum Gasteiger partial charge on any atom is 0.319 e. The molecule has 2 heterocycles. The Balaban J connectivity index is 1.72. The molecule has 4 rings (SSSR count). The van der Waals surface area contributed by atoms with Gasteiger partial charge in [-0.1, -0.05) is 23.7 Å². The fraction of sp³-hybridized carbons (Fsp3) is 0.143. The van der Waals surface area contributed by atoms with Crippen molar-refractivity contribution in [3.63, 3.8) is 0 Å². The molecule has 2 N–H and O–H groups in total. The lowest BCUT2D eigenvalue weighted by Gasteiger charge is -2.28. The summed E-state index contributed by atoms with van der Waals surface area (Å²) in [6, 6.07) is 14.8. The molecule has 2 amide bonds. The normalized spacial score (nSPS) is 16.5. The number of halogens is 1. The highest BCUT2D eigenvalue weighted by Crippen LogP contribution is 2.37. The Bertz CT molecular complexity index is 1040. The minimum atomic E-state index is -0.291. The largest absolute Gasteiger partial charge is 0.497 e. The van der Waals surface area contributed by atoms with Crippen LogP contribution in [0.15, 0.2) is 59.6 Å². The van der Waals surface area contributed by atoms with Crippen LogP contribution in [0.25, 0.3) is 16.8 Å². The van der Waals surface area contributed by atoms with Crippen LogP contribution in [-0.2, 0) is 0 Å². The van der Waals surface area contributed by atoms with Crippen LogP contribution in [0.4, 0.5) is 4.79 Å². The average molecular weight is 412 g/mol. The smallest absolute Gasteiger partial charge is 0.319 e. The van der Waals surface area contributed by atoms with Crippen molar-refractivity contribution in [3.05, 3.63) is 75.2 Å². The first-order valence-corrected chi connectivity index (χ1v) is 9.95. The zero-order valence-electron chi connectivity index (χ0n) is 15.3. The second-order valence-electron chi connectivity index (χ2n) is 6.39. The van der Waals surface area contributed by atoms with Crippen molar-refractivity contribution < 1.29 is 9.53 Å². The molecule has 0 aliphatic carbocycles. The highest BCUT2D eigenvalue weighted by Gasteiger charge is 2.29. The summed E-state index contributed by atoms with van der Waals surface area (Å²) in [7, 11) is 1.65. The maximum atomic E-state index is 12.1. The molecule has 3 aromatic rings. The Hall–Kier alpha value is -2.83. The number of nitrogens with zero attached hydrogens (tertiary/aromatic N) is 1. The molecule has 1 atom stereocenters. The summed E-state index contributed by atoms with van der Waals surface area (Å²) in [5.41, 5.74) is 4.59. The molecular weight excluding hydrogens is 394 g/mol. The van der Waals surface area contributed by atoms with Crippen LogP contribution in [-0.4, -0.2) is 18.1 Å². The number of carbonyl (C=O) groups is 1. The van der Waals surface area contributed by atoms with Crippen LogP contribution in [0, 0.1) is 0 Å². The van der Waals surface area contributed by atoms with Gasteiger partial charge in [0, 0.05) is 27.2 Å². The summed E-state index contributed by atoms with van der Waals surface area (Å²) in [6.07, 6.45) is 0. The van der Waals surface area contributed by atoms with Gasteiger partial charge < -0.3 is 15.4 Å². The van der Waals surface area contributed by atoms with E-state index in [1.807, 2.05) is 60.8 Å². The first-order chi connectivity index (χ1) is 13.5.